The number of hydrogen-bond acceptors (Lipinski definition) is 3. The molecule has 0 fully saturated rings. The molecule has 5 nitrogen and oxygen atoms in total. The number of hydrogen-bond donors (Lipinski definition) is 0. The van der Waals surface area contributed by atoms with E-state index in [1.165, 1.54) is 12.1 Å². The van der Waals surface area contributed by atoms with Crippen molar-refractivity contribution in [2.45, 2.75) is 38.8 Å². The SMILES string of the molecule is CC(C)(C)c1ccc2c(c1)C(=O)N(Cc1ccc([N+](=O)[O-])cc1)C2c1ccc(Cl)cc1. The van der Waals surface area contributed by atoms with E-state index in [1.54, 1.807) is 12.1 Å². The first kappa shape index (κ1) is 21.1. The number of nitro groups is 1. The number of nitro benzene ring substituents is 1. The maximum atomic E-state index is 13.5. The summed E-state index contributed by atoms with van der Waals surface area (Å²) < 4.78 is 0. The largest absolute Gasteiger partial charge is 0.323 e. The summed E-state index contributed by atoms with van der Waals surface area (Å²) in [5, 5.41) is 11.6. The first-order valence-corrected chi connectivity index (χ1v) is 10.5. The van der Waals surface area contributed by atoms with Gasteiger partial charge >= 0.3 is 0 Å². The van der Waals surface area contributed by atoms with Gasteiger partial charge in [-0.2, -0.15) is 0 Å². The molecule has 4 rings (SSSR count). The van der Waals surface area contributed by atoms with Crippen LogP contribution in [0.25, 0.3) is 0 Å². The van der Waals surface area contributed by atoms with Crippen LogP contribution >= 0.6 is 11.6 Å². The van der Waals surface area contributed by atoms with Crippen LogP contribution in [0.15, 0.2) is 66.7 Å². The third-order valence-corrected chi connectivity index (χ3v) is 5.95. The molecule has 0 saturated heterocycles. The molecule has 0 aliphatic carbocycles. The Kier molecular flexibility index (Phi) is 5.31. The molecule has 0 N–H and O–H groups in total. The van der Waals surface area contributed by atoms with Gasteiger partial charge in [0.05, 0.1) is 11.0 Å². The van der Waals surface area contributed by atoms with Crippen molar-refractivity contribution in [3.8, 4) is 0 Å². The highest BCUT2D eigenvalue weighted by Gasteiger charge is 2.38. The van der Waals surface area contributed by atoms with Crippen LogP contribution in [-0.2, 0) is 12.0 Å². The number of carbonyl (C=O) groups is 1. The van der Waals surface area contributed by atoms with Gasteiger partial charge < -0.3 is 4.90 Å². The molecule has 1 aliphatic rings. The van der Waals surface area contributed by atoms with Gasteiger partial charge in [-0.1, -0.05) is 68.8 Å². The van der Waals surface area contributed by atoms with Gasteiger partial charge in [0.1, 0.15) is 0 Å². The maximum Gasteiger partial charge on any atom is 0.269 e. The van der Waals surface area contributed by atoms with Gasteiger partial charge in [0.15, 0.2) is 0 Å². The van der Waals surface area contributed by atoms with Crippen LogP contribution in [0.2, 0.25) is 5.02 Å². The van der Waals surface area contributed by atoms with E-state index in [0.717, 1.165) is 22.3 Å². The van der Waals surface area contributed by atoms with Crippen LogP contribution in [0.4, 0.5) is 5.69 Å². The molecule has 6 heteroatoms. The second kappa shape index (κ2) is 7.82. The minimum Gasteiger partial charge on any atom is -0.323 e. The van der Waals surface area contributed by atoms with Crippen molar-refractivity contribution in [3.05, 3.63) is 110 Å². The van der Waals surface area contributed by atoms with Crippen LogP contribution < -0.4 is 0 Å². The van der Waals surface area contributed by atoms with Crippen molar-refractivity contribution in [1.82, 2.24) is 4.90 Å². The van der Waals surface area contributed by atoms with Crippen molar-refractivity contribution in [2.75, 3.05) is 0 Å². The summed E-state index contributed by atoms with van der Waals surface area (Å²) in [5.41, 5.74) is 4.53. The molecule has 1 aliphatic heterocycles. The minimum atomic E-state index is -0.425. The van der Waals surface area contributed by atoms with Crippen LogP contribution in [-0.4, -0.2) is 15.7 Å². The van der Waals surface area contributed by atoms with Crippen LogP contribution in [0, 0.1) is 10.1 Å². The number of halogens is 1. The molecule has 3 aromatic rings. The van der Waals surface area contributed by atoms with E-state index in [4.69, 9.17) is 11.6 Å². The van der Waals surface area contributed by atoms with E-state index < -0.39 is 4.92 Å². The fraction of sp³-hybridized carbons (Fsp3) is 0.240. The number of fused-ring (bicyclic) bond motifs is 1. The predicted molar refractivity (Wildman–Crippen MR) is 121 cm³/mol. The van der Waals surface area contributed by atoms with Crippen molar-refractivity contribution in [2.24, 2.45) is 0 Å². The lowest BCUT2D eigenvalue weighted by Crippen LogP contribution is -2.28. The highest BCUT2D eigenvalue weighted by Crippen LogP contribution is 2.41. The Morgan fingerprint density at radius 2 is 1.65 bits per heavy atom. The zero-order chi connectivity index (χ0) is 22.3. The topological polar surface area (TPSA) is 63.5 Å². The molecule has 3 aromatic carbocycles. The Morgan fingerprint density at radius 1 is 1.00 bits per heavy atom. The third kappa shape index (κ3) is 4.06. The lowest BCUT2D eigenvalue weighted by molar-refractivity contribution is -0.384. The number of benzene rings is 3. The first-order chi connectivity index (χ1) is 14.6. The average Bonchev–Trinajstić information content (AvgIpc) is 3.00. The van der Waals surface area contributed by atoms with Gasteiger partial charge in [-0.3, -0.25) is 14.9 Å². The van der Waals surface area contributed by atoms with Crippen molar-refractivity contribution in [1.29, 1.82) is 0 Å². The molecule has 0 saturated carbocycles. The molecule has 158 valence electrons. The quantitative estimate of drug-likeness (QED) is 0.358. The molecule has 1 heterocycles. The normalized spacial score (nSPS) is 15.8. The van der Waals surface area contributed by atoms with Gasteiger partial charge in [0, 0.05) is 29.3 Å². The van der Waals surface area contributed by atoms with E-state index in [-0.39, 0.29) is 23.1 Å². The predicted octanol–water partition coefficient (Wildman–Crippen LogP) is 6.29. The minimum absolute atomic E-state index is 0.0313. The summed E-state index contributed by atoms with van der Waals surface area (Å²) in [7, 11) is 0. The molecule has 0 aromatic heterocycles. The van der Waals surface area contributed by atoms with Crippen LogP contribution in [0.1, 0.15) is 59.4 Å². The Labute approximate surface area is 186 Å². The molecule has 1 atom stereocenters. The second-order valence-corrected chi connectivity index (χ2v) is 9.30. The number of rotatable bonds is 4. The highest BCUT2D eigenvalue weighted by molar-refractivity contribution is 6.30. The van der Waals surface area contributed by atoms with Gasteiger partial charge in [-0.25, -0.2) is 0 Å². The highest BCUT2D eigenvalue weighted by atomic mass is 35.5. The fourth-order valence-corrected chi connectivity index (χ4v) is 4.10. The lowest BCUT2D eigenvalue weighted by atomic mass is 9.84. The summed E-state index contributed by atoms with van der Waals surface area (Å²) in [6.45, 7) is 6.72. The standard InChI is InChI=1S/C25H23ClN2O3/c1-25(2,3)18-8-13-21-22(14-18)24(29)27(23(21)17-6-9-19(26)10-7-17)15-16-4-11-20(12-5-16)28(30)31/h4-14,23H,15H2,1-3H3. The molecule has 1 amide bonds. The fourth-order valence-electron chi connectivity index (χ4n) is 3.97. The molecule has 1 unspecified atom stereocenters. The summed E-state index contributed by atoms with van der Waals surface area (Å²) in [6.07, 6.45) is 0. The Balaban J connectivity index is 1.77. The van der Waals surface area contributed by atoms with Crippen molar-refractivity contribution in [3.63, 3.8) is 0 Å². The smallest absolute Gasteiger partial charge is 0.269 e. The Hall–Kier alpha value is -3.18. The Bertz CT molecular complexity index is 1150. The van der Waals surface area contributed by atoms with Gasteiger partial charge in [-0.05, 0) is 45.9 Å². The molecule has 0 radical (unpaired) electrons. The first-order valence-electron chi connectivity index (χ1n) is 10.1. The van der Waals surface area contributed by atoms with Crippen LogP contribution in [0.3, 0.4) is 0 Å². The third-order valence-electron chi connectivity index (χ3n) is 5.70. The van der Waals surface area contributed by atoms with Crippen molar-refractivity contribution >= 4 is 23.2 Å². The summed E-state index contributed by atoms with van der Waals surface area (Å²) in [4.78, 5) is 25.9. The zero-order valence-corrected chi connectivity index (χ0v) is 18.4. The van der Waals surface area contributed by atoms with Crippen LogP contribution in [0.5, 0.6) is 0 Å². The summed E-state index contributed by atoms with van der Waals surface area (Å²) >= 11 is 6.09. The number of non-ortho nitro benzene ring substituents is 1. The monoisotopic (exact) mass is 434 g/mol. The lowest BCUT2D eigenvalue weighted by Gasteiger charge is -2.26. The van der Waals surface area contributed by atoms with E-state index in [0.29, 0.717) is 17.1 Å². The maximum absolute atomic E-state index is 13.5. The zero-order valence-electron chi connectivity index (χ0n) is 17.6. The molecular weight excluding hydrogens is 412 g/mol. The number of carbonyl (C=O) groups excluding carboxylic acids is 1. The van der Waals surface area contributed by atoms with Gasteiger partial charge in [0.25, 0.3) is 11.6 Å². The summed E-state index contributed by atoms with van der Waals surface area (Å²) in [5.74, 6) is -0.0422. The molecule has 0 spiro atoms. The van der Waals surface area contributed by atoms with Gasteiger partial charge in [0.2, 0.25) is 0 Å². The van der Waals surface area contributed by atoms with E-state index in [9.17, 15) is 14.9 Å². The summed E-state index contributed by atoms with van der Waals surface area (Å²) in [6, 6.07) is 19.8. The molecule has 0 bridgehead atoms. The number of nitrogens with zero attached hydrogens (tertiary/aromatic N) is 2. The second-order valence-electron chi connectivity index (χ2n) is 8.86. The Morgan fingerprint density at radius 3 is 2.23 bits per heavy atom. The van der Waals surface area contributed by atoms with E-state index in [1.807, 2.05) is 41.3 Å². The molecular formula is C25H23ClN2O3. The number of amides is 1. The van der Waals surface area contributed by atoms with Crippen molar-refractivity contribution < 1.29 is 9.72 Å². The van der Waals surface area contributed by atoms with Gasteiger partial charge in [-0.15, -0.1) is 0 Å². The molecule has 31 heavy (non-hydrogen) atoms. The van der Waals surface area contributed by atoms with E-state index in [2.05, 4.69) is 26.8 Å². The van der Waals surface area contributed by atoms with E-state index >= 15 is 0 Å². The average molecular weight is 435 g/mol.